The lowest BCUT2D eigenvalue weighted by Crippen LogP contribution is -2.39. The van der Waals surface area contributed by atoms with Crippen molar-refractivity contribution in [2.24, 2.45) is 5.73 Å². The molecule has 1 aromatic rings. The number of hydrogen-bond donors (Lipinski definition) is 1. The van der Waals surface area contributed by atoms with Crippen LogP contribution < -0.4 is 5.73 Å². The Balaban J connectivity index is 2.57. The minimum atomic E-state index is -0.469. The molecule has 0 saturated heterocycles. The first-order valence-corrected chi connectivity index (χ1v) is 5.31. The topological polar surface area (TPSA) is 59.2 Å². The molecule has 6 heteroatoms. The van der Waals surface area contributed by atoms with Crippen LogP contribution in [0.15, 0.2) is 6.20 Å². The number of rotatable bonds is 3. The van der Waals surface area contributed by atoms with Gasteiger partial charge in [-0.3, -0.25) is 4.79 Å². The van der Waals surface area contributed by atoms with Crippen LogP contribution in [0.2, 0.25) is 4.47 Å². The molecule has 0 aliphatic carbocycles. The van der Waals surface area contributed by atoms with Gasteiger partial charge in [-0.2, -0.15) is 0 Å². The molecule has 0 spiro atoms. The SMILES string of the molecule is C[C@H](N)C(=O)N(C)Cc1cnc(Cl)s1. The van der Waals surface area contributed by atoms with Crippen molar-refractivity contribution in [2.75, 3.05) is 7.05 Å². The molecule has 0 aliphatic rings. The lowest BCUT2D eigenvalue weighted by Gasteiger charge is -2.17. The number of nitrogens with zero attached hydrogens (tertiary/aromatic N) is 2. The standard InChI is InChI=1S/C8H12ClN3OS/c1-5(10)7(13)12(2)4-6-3-11-8(9)14-6/h3,5H,4,10H2,1-2H3/t5-/m0/s1. The zero-order valence-electron chi connectivity index (χ0n) is 8.03. The highest BCUT2D eigenvalue weighted by Gasteiger charge is 2.14. The summed E-state index contributed by atoms with van der Waals surface area (Å²) < 4.78 is 0.488. The summed E-state index contributed by atoms with van der Waals surface area (Å²) in [5.74, 6) is -0.0884. The second kappa shape index (κ2) is 4.72. The van der Waals surface area contributed by atoms with Gasteiger partial charge in [0.15, 0.2) is 4.47 Å². The van der Waals surface area contributed by atoms with E-state index in [0.29, 0.717) is 11.0 Å². The molecule has 0 aliphatic heterocycles. The molecule has 78 valence electrons. The molecule has 0 saturated carbocycles. The maximum Gasteiger partial charge on any atom is 0.239 e. The number of halogens is 1. The highest BCUT2D eigenvalue weighted by molar-refractivity contribution is 7.15. The Hall–Kier alpha value is -0.650. The summed E-state index contributed by atoms with van der Waals surface area (Å²) in [6.45, 7) is 2.17. The van der Waals surface area contributed by atoms with Gasteiger partial charge in [-0.15, -0.1) is 11.3 Å². The molecular weight excluding hydrogens is 222 g/mol. The van der Waals surface area contributed by atoms with Crippen molar-refractivity contribution in [3.05, 3.63) is 15.5 Å². The lowest BCUT2D eigenvalue weighted by atomic mass is 10.3. The van der Waals surface area contributed by atoms with Gasteiger partial charge in [0.05, 0.1) is 12.6 Å². The van der Waals surface area contributed by atoms with Gasteiger partial charge in [-0.25, -0.2) is 4.98 Å². The van der Waals surface area contributed by atoms with E-state index in [9.17, 15) is 4.79 Å². The molecule has 4 nitrogen and oxygen atoms in total. The molecule has 0 fully saturated rings. The fraction of sp³-hybridized carbons (Fsp3) is 0.500. The second-order valence-electron chi connectivity index (χ2n) is 3.06. The Kier molecular flexibility index (Phi) is 3.86. The molecule has 1 atom stereocenters. The van der Waals surface area contributed by atoms with Crippen LogP contribution in [0.3, 0.4) is 0 Å². The van der Waals surface area contributed by atoms with Crippen LogP contribution in [-0.4, -0.2) is 28.9 Å². The van der Waals surface area contributed by atoms with E-state index in [-0.39, 0.29) is 5.91 Å². The van der Waals surface area contributed by atoms with Crippen LogP contribution >= 0.6 is 22.9 Å². The van der Waals surface area contributed by atoms with Gasteiger partial charge < -0.3 is 10.6 Å². The number of thiazole rings is 1. The van der Waals surface area contributed by atoms with Crippen molar-refractivity contribution in [1.29, 1.82) is 0 Å². The molecular formula is C8H12ClN3OS. The fourth-order valence-electron chi connectivity index (χ4n) is 1.02. The predicted molar refractivity (Wildman–Crippen MR) is 57.2 cm³/mol. The van der Waals surface area contributed by atoms with Gasteiger partial charge in [0.25, 0.3) is 0 Å². The number of nitrogens with two attached hydrogens (primary N) is 1. The van der Waals surface area contributed by atoms with Crippen LogP contribution in [0.1, 0.15) is 11.8 Å². The molecule has 1 amide bonds. The number of carbonyl (C=O) groups excluding carboxylic acids is 1. The van der Waals surface area contributed by atoms with Crippen LogP contribution in [0.25, 0.3) is 0 Å². The third-order valence-corrected chi connectivity index (χ3v) is 2.78. The van der Waals surface area contributed by atoms with Gasteiger partial charge in [0, 0.05) is 18.1 Å². The average molecular weight is 234 g/mol. The van der Waals surface area contributed by atoms with Crippen molar-refractivity contribution in [3.63, 3.8) is 0 Å². The smallest absolute Gasteiger partial charge is 0.239 e. The summed E-state index contributed by atoms with van der Waals surface area (Å²) in [6.07, 6.45) is 1.66. The van der Waals surface area contributed by atoms with Gasteiger partial charge in [0.2, 0.25) is 5.91 Å². The number of hydrogen-bond acceptors (Lipinski definition) is 4. The first kappa shape index (κ1) is 11.4. The Morgan fingerprint density at radius 2 is 2.50 bits per heavy atom. The molecule has 1 heterocycles. The quantitative estimate of drug-likeness (QED) is 0.851. The van der Waals surface area contributed by atoms with E-state index in [0.717, 1.165) is 4.88 Å². The Labute approximate surface area is 91.7 Å². The first-order valence-electron chi connectivity index (χ1n) is 4.11. The van der Waals surface area contributed by atoms with Crippen molar-refractivity contribution in [3.8, 4) is 0 Å². The molecule has 2 N–H and O–H groups in total. The minimum absolute atomic E-state index is 0.0884. The van der Waals surface area contributed by atoms with E-state index in [2.05, 4.69) is 4.98 Å². The van der Waals surface area contributed by atoms with Crippen LogP contribution in [0.4, 0.5) is 0 Å². The number of aromatic nitrogens is 1. The van der Waals surface area contributed by atoms with Gasteiger partial charge in [-0.05, 0) is 6.92 Å². The maximum atomic E-state index is 11.4. The summed E-state index contributed by atoms with van der Waals surface area (Å²) in [5, 5.41) is 0. The molecule has 0 unspecified atom stereocenters. The average Bonchev–Trinajstić information content (AvgIpc) is 2.49. The summed E-state index contributed by atoms with van der Waals surface area (Å²) in [6, 6.07) is -0.469. The third-order valence-electron chi connectivity index (χ3n) is 1.68. The van der Waals surface area contributed by atoms with E-state index < -0.39 is 6.04 Å². The van der Waals surface area contributed by atoms with Crippen molar-refractivity contribution < 1.29 is 4.79 Å². The zero-order valence-corrected chi connectivity index (χ0v) is 9.60. The monoisotopic (exact) mass is 233 g/mol. The second-order valence-corrected chi connectivity index (χ2v) is 4.76. The number of carbonyl (C=O) groups is 1. The third kappa shape index (κ3) is 2.94. The van der Waals surface area contributed by atoms with E-state index in [4.69, 9.17) is 17.3 Å². The predicted octanol–water partition coefficient (Wildman–Crippen LogP) is 1.10. The number of likely N-dealkylation sites (N-methyl/N-ethyl adjacent to an activating group) is 1. The first-order chi connectivity index (χ1) is 6.50. The van der Waals surface area contributed by atoms with Crippen LogP contribution in [-0.2, 0) is 11.3 Å². The highest BCUT2D eigenvalue weighted by Crippen LogP contribution is 2.18. The Morgan fingerprint density at radius 1 is 1.86 bits per heavy atom. The van der Waals surface area contributed by atoms with Gasteiger partial charge in [0.1, 0.15) is 0 Å². The van der Waals surface area contributed by atoms with Crippen LogP contribution in [0, 0.1) is 0 Å². The normalized spacial score (nSPS) is 12.6. The molecule has 0 bridgehead atoms. The summed E-state index contributed by atoms with van der Waals surface area (Å²) in [7, 11) is 1.71. The van der Waals surface area contributed by atoms with Crippen molar-refractivity contribution in [1.82, 2.24) is 9.88 Å². The van der Waals surface area contributed by atoms with E-state index in [1.165, 1.54) is 11.3 Å². The Bertz CT molecular complexity index is 326. The molecule has 1 aromatic heterocycles. The zero-order chi connectivity index (χ0) is 10.7. The summed E-state index contributed by atoms with van der Waals surface area (Å²) >= 11 is 7.03. The van der Waals surface area contributed by atoms with Gasteiger partial charge in [-0.1, -0.05) is 11.6 Å². The fourth-order valence-corrected chi connectivity index (χ4v) is 2.05. The van der Waals surface area contributed by atoms with Crippen molar-refractivity contribution >= 4 is 28.8 Å². The van der Waals surface area contributed by atoms with E-state index >= 15 is 0 Å². The largest absolute Gasteiger partial charge is 0.339 e. The molecule has 0 aromatic carbocycles. The summed E-state index contributed by atoms with van der Waals surface area (Å²) in [4.78, 5) is 17.8. The highest BCUT2D eigenvalue weighted by atomic mass is 35.5. The minimum Gasteiger partial charge on any atom is -0.339 e. The molecule has 1 rings (SSSR count). The Morgan fingerprint density at radius 3 is 2.93 bits per heavy atom. The summed E-state index contributed by atoms with van der Waals surface area (Å²) in [5.41, 5.74) is 5.47. The van der Waals surface area contributed by atoms with E-state index in [1.807, 2.05) is 0 Å². The molecule has 0 radical (unpaired) electrons. The van der Waals surface area contributed by atoms with Gasteiger partial charge >= 0.3 is 0 Å². The lowest BCUT2D eigenvalue weighted by molar-refractivity contribution is -0.131. The van der Waals surface area contributed by atoms with Crippen LogP contribution in [0.5, 0.6) is 0 Å². The number of amides is 1. The van der Waals surface area contributed by atoms with Crippen molar-refractivity contribution in [2.45, 2.75) is 19.5 Å². The molecule has 14 heavy (non-hydrogen) atoms. The van der Waals surface area contributed by atoms with E-state index in [1.54, 1.807) is 25.1 Å². The maximum absolute atomic E-state index is 11.4.